The second-order valence-electron chi connectivity index (χ2n) is 4.76. The summed E-state index contributed by atoms with van der Waals surface area (Å²) in [6.45, 7) is 0. The summed E-state index contributed by atoms with van der Waals surface area (Å²) in [5, 5.41) is 1.86. The van der Waals surface area contributed by atoms with Gasteiger partial charge < -0.3 is 0 Å². The van der Waals surface area contributed by atoms with E-state index in [1.54, 1.807) is 0 Å². The van der Waals surface area contributed by atoms with Crippen LogP contribution in [-0.2, 0) is 0 Å². The van der Waals surface area contributed by atoms with Crippen LogP contribution in [0.25, 0.3) is 0 Å². The molecule has 0 nitrogen and oxygen atoms in total. The third-order valence-electron chi connectivity index (χ3n) is 3.29. The molecule has 3 saturated heterocycles. The van der Waals surface area contributed by atoms with Crippen molar-refractivity contribution < 1.29 is 0 Å². The molecule has 4 unspecified atom stereocenters. The molecule has 0 aromatic carbocycles. The molecule has 6 heteroatoms. The van der Waals surface area contributed by atoms with Crippen molar-refractivity contribution in [1.29, 1.82) is 0 Å². The molecule has 0 saturated carbocycles. The van der Waals surface area contributed by atoms with Crippen LogP contribution < -0.4 is 0 Å². The average Bonchev–Trinajstić information content (AvgIpc) is 2.27. The van der Waals surface area contributed by atoms with E-state index in [1.165, 1.54) is 47.4 Å². The molecule has 18 heavy (non-hydrogen) atoms. The Bertz CT molecular complexity index is 219. The first-order valence-electron chi connectivity index (χ1n) is 6.60. The van der Waals surface area contributed by atoms with Crippen LogP contribution in [0.4, 0.5) is 0 Å². The topological polar surface area (TPSA) is 0 Å². The molecule has 0 aromatic rings. The average molecular weight is 357 g/mol. The Labute approximate surface area is 136 Å². The SMILES string of the molecule is C1CC(SCC2CSC(CSC3CCS3)CS2)S1. The lowest BCUT2D eigenvalue weighted by molar-refractivity contribution is 0.993. The lowest BCUT2D eigenvalue weighted by atomic mass is 10.5. The van der Waals surface area contributed by atoms with E-state index in [-0.39, 0.29) is 0 Å². The maximum absolute atomic E-state index is 2.25. The molecular weight excluding hydrogens is 337 g/mol. The number of hydrogen-bond donors (Lipinski definition) is 0. The predicted octanol–water partition coefficient (Wildman–Crippen LogP) is 4.60. The highest BCUT2D eigenvalue weighted by Gasteiger charge is 2.26. The summed E-state index contributed by atoms with van der Waals surface area (Å²) >= 11 is 13.3. The fraction of sp³-hybridized carbons (Fsp3) is 1.00. The normalized spacial score (nSPS) is 40.0. The minimum absolute atomic E-state index is 0.931. The summed E-state index contributed by atoms with van der Waals surface area (Å²) in [5.41, 5.74) is 0. The molecule has 0 aromatic heterocycles. The van der Waals surface area contributed by atoms with Crippen molar-refractivity contribution in [2.24, 2.45) is 0 Å². The van der Waals surface area contributed by atoms with Gasteiger partial charge in [-0.25, -0.2) is 0 Å². The fourth-order valence-electron chi connectivity index (χ4n) is 1.90. The molecule has 0 N–H and O–H groups in total. The Morgan fingerprint density at radius 3 is 1.44 bits per heavy atom. The molecular formula is C12H20S6. The van der Waals surface area contributed by atoms with Crippen LogP contribution in [0.3, 0.4) is 0 Å². The largest absolute Gasteiger partial charge is 0.156 e. The summed E-state index contributed by atoms with van der Waals surface area (Å²) in [7, 11) is 0. The van der Waals surface area contributed by atoms with E-state index >= 15 is 0 Å². The molecule has 0 bridgehead atoms. The number of hydrogen-bond acceptors (Lipinski definition) is 6. The highest BCUT2D eigenvalue weighted by molar-refractivity contribution is 8.19. The van der Waals surface area contributed by atoms with Crippen molar-refractivity contribution in [3.05, 3.63) is 0 Å². The summed E-state index contributed by atoms with van der Waals surface area (Å²) in [6.07, 6.45) is 2.91. The first-order chi connectivity index (χ1) is 8.90. The number of thioether (sulfide) groups is 6. The van der Waals surface area contributed by atoms with Gasteiger partial charge in [0.15, 0.2) is 0 Å². The fourth-order valence-corrected chi connectivity index (χ4v) is 10.6. The van der Waals surface area contributed by atoms with E-state index in [4.69, 9.17) is 0 Å². The molecule has 3 heterocycles. The van der Waals surface area contributed by atoms with Gasteiger partial charge in [0.25, 0.3) is 0 Å². The van der Waals surface area contributed by atoms with Crippen LogP contribution in [0.2, 0.25) is 0 Å². The summed E-state index contributed by atoms with van der Waals surface area (Å²) in [4.78, 5) is 0. The molecule has 3 aliphatic rings. The van der Waals surface area contributed by atoms with Crippen molar-refractivity contribution in [3.63, 3.8) is 0 Å². The van der Waals surface area contributed by atoms with Crippen LogP contribution in [0.1, 0.15) is 12.8 Å². The lowest BCUT2D eigenvalue weighted by Crippen LogP contribution is -2.27. The lowest BCUT2D eigenvalue weighted by Gasteiger charge is -2.31. The minimum Gasteiger partial charge on any atom is -0.156 e. The van der Waals surface area contributed by atoms with Crippen molar-refractivity contribution in [2.45, 2.75) is 32.5 Å². The van der Waals surface area contributed by atoms with E-state index in [2.05, 4.69) is 70.6 Å². The first kappa shape index (κ1) is 15.0. The van der Waals surface area contributed by atoms with E-state index in [9.17, 15) is 0 Å². The summed E-state index contributed by atoms with van der Waals surface area (Å²) in [6, 6.07) is 0. The van der Waals surface area contributed by atoms with E-state index in [1.807, 2.05) is 0 Å². The van der Waals surface area contributed by atoms with E-state index < -0.39 is 0 Å². The zero-order valence-corrected chi connectivity index (χ0v) is 15.3. The molecule has 4 atom stereocenters. The maximum atomic E-state index is 2.25. The van der Waals surface area contributed by atoms with E-state index in [0.29, 0.717) is 0 Å². The molecule has 0 amide bonds. The Morgan fingerprint density at radius 1 is 0.722 bits per heavy atom. The molecule has 104 valence electrons. The second kappa shape index (κ2) is 7.92. The predicted molar refractivity (Wildman–Crippen MR) is 99.1 cm³/mol. The van der Waals surface area contributed by atoms with Gasteiger partial charge in [-0.3, -0.25) is 0 Å². The van der Waals surface area contributed by atoms with Gasteiger partial charge >= 0.3 is 0 Å². The van der Waals surface area contributed by atoms with Crippen LogP contribution in [0, 0.1) is 0 Å². The Morgan fingerprint density at radius 2 is 1.17 bits per heavy atom. The van der Waals surface area contributed by atoms with Crippen molar-refractivity contribution in [3.8, 4) is 0 Å². The van der Waals surface area contributed by atoms with Crippen LogP contribution >= 0.6 is 70.6 Å². The smallest absolute Gasteiger partial charge is 0.0510 e. The van der Waals surface area contributed by atoms with Gasteiger partial charge in [0.2, 0.25) is 0 Å². The standard InChI is InChI=1S/C12H20S6/c1-3-13-11(1)17-7-9-5-16-10(6-15-9)8-18-12-2-4-14-12/h9-12H,1-8H2. The van der Waals surface area contributed by atoms with Crippen LogP contribution in [0.5, 0.6) is 0 Å². The molecule has 3 rings (SSSR count). The zero-order chi connectivity index (χ0) is 12.2. The Kier molecular flexibility index (Phi) is 6.61. The van der Waals surface area contributed by atoms with Gasteiger partial charge in [0.1, 0.15) is 0 Å². The molecule has 0 radical (unpaired) electrons. The van der Waals surface area contributed by atoms with E-state index in [0.717, 1.165) is 19.7 Å². The van der Waals surface area contributed by atoms with Gasteiger partial charge in [-0.15, -0.1) is 47.0 Å². The maximum Gasteiger partial charge on any atom is 0.0510 e. The highest BCUT2D eigenvalue weighted by Crippen LogP contribution is 2.42. The monoisotopic (exact) mass is 356 g/mol. The van der Waals surface area contributed by atoms with Gasteiger partial charge in [0, 0.05) is 33.5 Å². The highest BCUT2D eigenvalue weighted by atomic mass is 32.2. The van der Waals surface area contributed by atoms with Gasteiger partial charge in [-0.1, -0.05) is 0 Å². The molecule has 3 aliphatic heterocycles. The zero-order valence-electron chi connectivity index (χ0n) is 10.4. The first-order valence-corrected chi connectivity index (χ1v) is 12.9. The van der Waals surface area contributed by atoms with Crippen LogP contribution in [0.15, 0.2) is 0 Å². The Hall–Kier alpha value is 2.10. The summed E-state index contributed by atoms with van der Waals surface area (Å²) < 4.78 is 1.89. The molecule has 0 spiro atoms. The van der Waals surface area contributed by atoms with Gasteiger partial charge in [-0.2, -0.15) is 23.5 Å². The summed E-state index contributed by atoms with van der Waals surface area (Å²) in [5.74, 6) is 8.41. The third-order valence-corrected chi connectivity index (χ3v) is 13.1. The quantitative estimate of drug-likeness (QED) is 0.677. The molecule has 3 fully saturated rings. The van der Waals surface area contributed by atoms with Gasteiger partial charge in [0.05, 0.1) is 9.16 Å². The third kappa shape index (κ3) is 4.55. The van der Waals surface area contributed by atoms with Crippen molar-refractivity contribution in [2.75, 3.05) is 34.5 Å². The minimum atomic E-state index is 0.931. The Balaban J connectivity index is 1.25. The number of rotatable bonds is 6. The second-order valence-corrected chi connectivity index (χ2v) is 13.1. The van der Waals surface area contributed by atoms with Crippen molar-refractivity contribution >= 4 is 70.6 Å². The molecule has 0 aliphatic carbocycles. The van der Waals surface area contributed by atoms with Crippen molar-refractivity contribution in [1.82, 2.24) is 0 Å². The van der Waals surface area contributed by atoms with Gasteiger partial charge in [-0.05, 0) is 24.3 Å². The van der Waals surface area contributed by atoms with Crippen LogP contribution in [-0.4, -0.2) is 54.2 Å².